The standard InChI is InChI=1S/C12H18O3/c1-2-14-7-3-4-9-5-6-10(8-9)11-12(13)15-11/h3,6,9-11H,2,4-5,7-8H2,1H3. The van der Waals surface area contributed by atoms with Gasteiger partial charge in [0.1, 0.15) is 0 Å². The summed E-state index contributed by atoms with van der Waals surface area (Å²) in [5.74, 6) is 1.05. The molecule has 2 aliphatic rings. The van der Waals surface area contributed by atoms with Crippen LogP contribution in [0.1, 0.15) is 26.2 Å². The summed E-state index contributed by atoms with van der Waals surface area (Å²) in [6.07, 6.45) is 7.64. The third-order valence-corrected chi connectivity index (χ3v) is 3.12. The summed E-state index contributed by atoms with van der Waals surface area (Å²) in [6.45, 7) is 3.53. The lowest BCUT2D eigenvalue weighted by molar-refractivity contribution is -0.117. The molecule has 1 heterocycles. The Morgan fingerprint density at radius 3 is 3.13 bits per heavy atom. The van der Waals surface area contributed by atoms with E-state index in [1.54, 1.807) is 0 Å². The fourth-order valence-electron chi connectivity index (χ4n) is 2.24. The van der Waals surface area contributed by atoms with Crippen molar-refractivity contribution in [2.24, 2.45) is 11.8 Å². The van der Waals surface area contributed by atoms with Gasteiger partial charge in [0.25, 0.3) is 0 Å². The van der Waals surface area contributed by atoms with E-state index < -0.39 is 0 Å². The molecule has 1 aliphatic heterocycles. The van der Waals surface area contributed by atoms with Crippen molar-refractivity contribution in [1.29, 1.82) is 0 Å². The van der Waals surface area contributed by atoms with E-state index in [9.17, 15) is 4.79 Å². The molecule has 1 saturated carbocycles. The van der Waals surface area contributed by atoms with Crippen LogP contribution in [0.15, 0.2) is 0 Å². The van der Waals surface area contributed by atoms with Gasteiger partial charge in [-0.15, -0.1) is 0 Å². The smallest absolute Gasteiger partial charge is 0.348 e. The molecule has 1 aliphatic carbocycles. The molecule has 0 aromatic heterocycles. The van der Waals surface area contributed by atoms with Crippen molar-refractivity contribution in [3.63, 3.8) is 0 Å². The lowest BCUT2D eigenvalue weighted by atomic mass is 9.98. The number of epoxide rings is 1. The molecular formula is C12H18O3. The zero-order valence-corrected chi connectivity index (χ0v) is 9.15. The number of carbonyl (C=O) groups excluding carboxylic acids is 1. The summed E-state index contributed by atoms with van der Waals surface area (Å²) in [5, 5.41) is 0. The quantitative estimate of drug-likeness (QED) is 0.495. The summed E-state index contributed by atoms with van der Waals surface area (Å²) >= 11 is 0. The minimum atomic E-state index is -0.0955. The molecule has 3 nitrogen and oxygen atoms in total. The van der Waals surface area contributed by atoms with Gasteiger partial charge in [-0.3, -0.25) is 0 Å². The minimum absolute atomic E-state index is 0.0183. The summed E-state index contributed by atoms with van der Waals surface area (Å²) in [7, 11) is 0. The monoisotopic (exact) mass is 210 g/mol. The highest BCUT2D eigenvalue weighted by Crippen LogP contribution is 2.39. The molecule has 15 heavy (non-hydrogen) atoms. The predicted molar refractivity (Wildman–Crippen MR) is 55.8 cm³/mol. The van der Waals surface area contributed by atoms with Crippen molar-refractivity contribution < 1.29 is 14.3 Å². The van der Waals surface area contributed by atoms with Crippen molar-refractivity contribution in [3.05, 3.63) is 12.8 Å². The van der Waals surface area contributed by atoms with Crippen LogP contribution < -0.4 is 0 Å². The Balaban J connectivity index is 1.58. The molecule has 2 rings (SSSR count). The number of hydrogen-bond acceptors (Lipinski definition) is 3. The molecule has 0 aromatic rings. The van der Waals surface area contributed by atoms with Crippen LogP contribution in [-0.2, 0) is 14.3 Å². The molecule has 2 fully saturated rings. The van der Waals surface area contributed by atoms with E-state index in [4.69, 9.17) is 9.47 Å². The molecule has 3 atom stereocenters. The Bertz CT molecular complexity index is 227. The molecule has 3 heteroatoms. The molecule has 2 radical (unpaired) electrons. The molecule has 1 saturated heterocycles. The van der Waals surface area contributed by atoms with Crippen LogP contribution >= 0.6 is 0 Å². The third kappa shape index (κ3) is 2.94. The highest BCUT2D eigenvalue weighted by molar-refractivity contribution is 5.87. The summed E-state index contributed by atoms with van der Waals surface area (Å²) < 4.78 is 10.1. The second kappa shape index (κ2) is 4.97. The number of cyclic esters (lactones) is 1. The third-order valence-electron chi connectivity index (χ3n) is 3.12. The number of hydrogen-bond donors (Lipinski definition) is 0. The number of rotatable bonds is 6. The first-order valence-electron chi connectivity index (χ1n) is 5.74. The average Bonchev–Trinajstić information content (AvgIpc) is 2.80. The van der Waals surface area contributed by atoms with E-state index in [1.807, 2.05) is 6.92 Å². The van der Waals surface area contributed by atoms with Crippen LogP contribution in [0, 0.1) is 24.7 Å². The van der Waals surface area contributed by atoms with Crippen molar-refractivity contribution in [3.8, 4) is 0 Å². The molecular weight excluding hydrogens is 192 g/mol. The lowest BCUT2D eigenvalue weighted by Crippen LogP contribution is -2.06. The highest BCUT2D eigenvalue weighted by atomic mass is 16.6. The van der Waals surface area contributed by atoms with Crippen molar-refractivity contribution in [1.82, 2.24) is 0 Å². The molecule has 0 bridgehead atoms. The molecule has 3 unspecified atom stereocenters. The number of carbonyl (C=O) groups is 1. The Kier molecular flexibility index (Phi) is 3.62. The molecule has 84 valence electrons. The molecule has 0 aromatic carbocycles. The molecule has 0 amide bonds. The SMILES string of the molecule is CCOC[CH]CC1C[CH]C(C2OC2=O)C1. The largest absolute Gasteiger partial charge is 0.447 e. The first-order chi connectivity index (χ1) is 7.31. The maximum absolute atomic E-state index is 10.8. The fourth-order valence-corrected chi connectivity index (χ4v) is 2.24. The van der Waals surface area contributed by atoms with E-state index in [0.29, 0.717) is 11.8 Å². The molecule has 0 N–H and O–H groups in total. The zero-order valence-electron chi connectivity index (χ0n) is 9.15. The summed E-state index contributed by atoms with van der Waals surface area (Å²) in [5.41, 5.74) is 0. The van der Waals surface area contributed by atoms with Crippen LogP contribution in [0.3, 0.4) is 0 Å². The van der Waals surface area contributed by atoms with E-state index in [2.05, 4.69) is 12.8 Å². The lowest BCUT2D eigenvalue weighted by Gasteiger charge is -2.08. The zero-order chi connectivity index (χ0) is 10.7. The summed E-state index contributed by atoms with van der Waals surface area (Å²) in [4.78, 5) is 10.8. The topological polar surface area (TPSA) is 38.8 Å². The van der Waals surface area contributed by atoms with Crippen molar-refractivity contribution in [2.45, 2.75) is 32.3 Å². The maximum Gasteiger partial charge on any atom is 0.348 e. The van der Waals surface area contributed by atoms with E-state index >= 15 is 0 Å². The van der Waals surface area contributed by atoms with Crippen molar-refractivity contribution >= 4 is 5.97 Å². The first-order valence-corrected chi connectivity index (χ1v) is 5.74. The van der Waals surface area contributed by atoms with E-state index in [0.717, 1.165) is 32.5 Å². The normalized spacial score (nSPS) is 34.2. The Morgan fingerprint density at radius 2 is 2.47 bits per heavy atom. The van der Waals surface area contributed by atoms with Gasteiger partial charge in [0.05, 0.1) is 0 Å². The molecule has 0 spiro atoms. The van der Waals surface area contributed by atoms with Crippen LogP contribution in [0.2, 0.25) is 0 Å². The second-order valence-corrected chi connectivity index (χ2v) is 4.28. The van der Waals surface area contributed by atoms with Gasteiger partial charge < -0.3 is 9.47 Å². The maximum atomic E-state index is 10.8. The van der Waals surface area contributed by atoms with Gasteiger partial charge in [0.2, 0.25) is 6.10 Å². The van der Waals surface area contributed by atoms with E-state index in [1.165, 1.54) is 0 Å². The minimum Gasteiger partial charge on any atom is -0.447 e. The van der Waals surface area contributed by atoms with Crippen molar-refractivity contribution in [2.75, 3.05) is 13.2 Å². The number of ether oxygens (including phenoxy) is 2. The van der Waals surface area contributed by atoms with Gasteiger partial charge >= 0.3 is 5.97 Å². The average molecular weight is 210 g/mol. The first kappa shape index (κ1) is 10.9. The predicted octanol–water partition coefficient (Wildman–Crippen LogP) is 1.77. The Morgan fingerprint density at radius 1 is 1.67 bits per heavy atom. The second-order valence-electron chi connectivity index (χ2n) is 4.28. The summed E-state index contributed by atoms with van der Waals surface area (Å²) in [6, 6.07) is 0. The van der Waals surface area contributed by atoms with E-state index in [-0.39, 0.29) is 12.1 Å². The Hall–Kier alpha value is -0.570. The van der Waals surface area contributed by atoms with Gasteiger partial charge in [-0.25, -0.2) is 4.79 Å². The van der Waals surface area contributed by atoms with Crippen LogP contribution in [-0.4, -0.2) is 25.3 Å². The van der Waals surface area contributed by atoms with Gasteiger partial charge in [-0.05, 0) is 44.9 Å². The Labute approximate surface area is 91.1 Å². The fraction of sp³-hybridized carbons (Fsp3) is 0.750. The van der Waals surface area contributed by atoms with Crippen LogP contribution in [0.25, 0.3) is 0 Å². The van der Waals surface area contributed by atoms with Crippen LogP contribution in [0.5, 0.6) is 0 Å². The van der Waals surface area contributed by atoms with Gasteiger partial charge in [0.15, 0.2) is 0 Å². The van der Waals surface area contributed by atoms with Gasteiger partial charge in [0, 0.05) is 19.1 Å². The van der Waals surface area contributed by atoms with Gasteiger partial charge in [-0.2, -0.15) is 0 Å². The highest BCUT2D eigenvalue weighted by Gasteiger charge is 2.47. The van der Waals surface area contributed by atoms with Gasteiger partial charge in [-0.1, -0.05) is 0 Å². The van der Waals surface area contributed by atoms with Crippen LogP contribution in [0.4, 0.5) is 0 Å².